The van der Waals surface area contributed by atoms with E-state index in [-0.39, 0.29) is 17.0 Å². The first kappa shape index (κ1) is 21.4. The molecule has 0 radical (unpaired) electrons. The zero-order valence-electron chi connectivity index (χ0n) is 15.7. The van der Waals surface area contributed by atoms with Crippen molar-refractivity contribution in [1.82, 2.24) is 9.62 Å². The highest BCUT2D eigenvalue weighted by atomic mass is 32.2. The monoisotopic (exact) mass is 396 g/mol. The van der Waals surface area contributed by atoms with Gasteiger partial charge in [0.15, 0.2) is 0 Å². The van der Waals surface area contributed by atoms with E-state index >= 15 is 0 Å². The van der Waals surface area contributed by atoms with Crippen molar-refractivity contribution < 1.29 is 23.1 Å². The molecule has 1 unspecified atom stereocenters. The molecule has 1 fully saturated rings. The summed E-state index contributed by atoms with van der Waals surface area (Å²) in [6.45, 7) is 2.90. The third kappa shape index (κ3) is 5.77. The number of nitrogens with one attached hydrogen (secondary N) is 1. The maximum atomic E-state index is 12.9. The molecular weight excluding hydrogens is 368 g/mol. The number of nitrogens with zero attached hydrogens (tertiary/aromatic N) is 1. The van der Waals surface area contributed by atoms with Gasteiger partial charge in [-0.1, -0.05) is 32.3 Å². The van der Waals surface area contributed by atoms with Gasteiger partial charge in [-0.05, 0) is 37.5 Å². The van der Waals surface area contributed by atoms with Gasteiger partial charge in [0.2, 0.25) is 10.0 Å². The van der Waals surface area contributed by atoms with Crippen LogP contribution in [0.5, 0.6) is 0 Å². The number of aliphatic carboxylic acids is 1. The first-order valence-corrected chi connectivity index (χ1v) is 10.9. The maximum Gasteiger partial charge on any atom is 0.308 e. The van der Waals surface area contributed by atoms with Crippen LogP contribution in [0.2, 0.25) is 0 Å². The fourth-order valence-electron chi connectivity index (χ4n) is 3.21. The van der Waals surface area contributed by atoms with Crippen molar-refractivity contribution in [2.45, 2.75) is 50.3 Å². The quantitative estimate of drug-likeness (QED) is 0.702. The summed E-state index contributed by atoms with van der Waals surface area (Å²) in [5.74, 6) is -2.07. The van der Waals surface area contributed by atoms with Gasteiger partial charge in [0.1, 0.15) is 0 Å². The van der Waals surface area contributed by atoms with Gasteiger partial charge in [-0.2, -0.15) is 4.31 Å². The predicted molar refractivity (Wildman–Crippen MR) is 102 cm³/mol. The molecule has 0 aromatic heterocycles. The van der Waals surface area contributed by atoms with Crippen LogP contribution in [-0.2, 0) is 14.8 Å². The van der Waals surface area contributed by atoms with Crippen molar-refractivity contribution in [3.8, 4) is 0 Å². The standard InChI is InChI=1S/C19H28N2O5S/c1-2-8-16(19(23)24)14-20-18(22)15-9-7-10-17(13-15)27(25,26)21-11-5-3-4-6-12-21/h7,9-10,13,16H,2-6,8,11-12,14H2,1H3,(H,20,22)(H,23,24). The first-order valence-electron chi connectivity index (χ1n) is 9.47. The molecule has 1 heterocycles. The zero-order chi connectivity index (χ0) is 19.9. The molecule has 1 aromatic rings. The molecule has 1 aliphatic rings. The second kappa shape index (κ2) is 9.85. The Bertz CT molecular complexity index is 755. The number of hydrogen-bond acceptors (Lipinski definition) is 4. The van der Waals surface area contributed by atoms with E-state index in [1.54, 1.807) is 6.07 Å². The highest BCUT2D eigenvalue weighted by Gasteiger charge is 2.26. The summed E-state index contributed by atoms with van der Waals surface area (Å²) in [6.07, 6.45) is 4.91. The van der Waals surface area contributed by atoms with Crippen molar-refractivity contribution in [3.05, 3.63) is 29.8 Å². The minimum atomic E-state index is -3.64. The van der Waals surface area contributed by atoms with Gasteiger partial charge >= 0.3 is 5.97 Å². The fraction of sp³-hybridized carbons (Fsp3) is 0.579. The van der Waals surface area contributed by atoms with E-state index in [1.807, 2.05) is 6.92 Å². The van der Waals surface area contributed by atoms with Crippen LogP contribution in [-0.4, -0.2) is 49.3 Å². The zero-order valence-corrected chi connectivity index (χ0v) is 16.5. The smallest absolute Gasteiger partial charge is 0.308 e. The third-order valence-corrected chi connectivity index (χ3v) is 6.69. The molecule has 1 aromatic carbocycles. The Labute approximate surface area is 160 Å². The van der Waals surface area contributed by atoms with Crippen molar-refractivity contribution in [2.75, 3.05) is 19.6 Å². The van der Waals surface area contributed by atoms with E-state index in [9.17, 15) is 18.0 Å². The highest BCUT2D eigenvalue weighted by molar-refractivity contribution is 7.89. The summed E-state index contributed by atoms with van der Waals surface area (Å²) in [7, 11) is -3.64. The number of hydrogen-bond donors (Lipinski definition) is 2. The largest absolute Gasteiger partial charge is 0.481 e. The average molecular weight is 397 g/mol. The summed E-state index contributed by atoms with van der Waals surface area (Å²) in [6, 6.07) is 5.94. The number of benzene rings is 1. The van der Waals surface area contributed by atoms with Gasteiger partial charge in [-0.25, -0.2) is 8.42 Å². The van der Waals surface area contributed by atoms with E-state index in [4.69, 9.17) is 5.11 Å². The Morgan fingerprint density at radius 1 is 1.19 bits per heavy atom. The Kier molecular flexibility index (Phi) is 7.79. The van der Waals surface area contributed by atoms with Crippen molar-refractivity contribution >= 4 is 21.9 Å². The van der Waals surface area contributed by atoms with Crippen LogP contribution >= 0.6 is 0 Å². The van der Waals surface area contributed by atoms with Gasteiger partial charge in [-0.3, -0.25) is 9.59 Å². The van der Waals surface area contributed by atoms with Crippen LogP contribution in [0.1, 0.15) is 55.8 Å². The molecule has 0 bridgehead atoms. The lowest BCUT2D eigenvalue weighted by Crippen LogP contribution is -2.34. The normalized spacial score (nSPS) is 17.1. The molecule has 0 aliphatic carbocycles. The van der Waals surface area contributed by atoms with Crippen LogP contribution < -0.4 is 5.32 Å². The summed E-state index contributed by atoms with van der Waals surface area (Å²) in [4.78, 5) is 23.7. The third-order valence-electron chi connectivity index (χ3n) is 4.79. The molecular formula is C19H28N2O5S. The Morgan fingerprint density at radius 3 is 2.44 bits per heavy atom. The summed E-state index contributed by atoms with van der Waals surface area (Å²) in [5, 5.41) is 11.8. The van der Waals surface area contributed by atoms with E-state index < -0.39 is 27.8 Å². The molecule has 1 atom stereocenters. The van der Waals surface area contributed by atoms with Crippen LogP contribution in [0.25, 0.3) is 0 Å². The summed E-state index contributed by atoms with van der Waals surface area (Å²) >= 11 is 0. The molecule has 7 nitrogen and oxygen atoms in total. The topological polar surface area (TPSA) is 104 Å². The molecule has 0 spiro atoms. The predicted octanol–water partition coefficient (Wildman–Crippen LogP) is 2.48. The van der Waals surface area contributed by atoms with Gasteiger partial charge in [0.25, 0.3) is 5.91 Å². The van der Waals surface area contributed by atoms with Crippen LogP contribution in [0.3, 0.4) is 0 Å². The van der Waals surface area contributed by atoms with E-state index in [0.29, 0.717) is 25.9 Å². The van der Waals surface area contributed by atoms with Crippen LogP contribution in [0.4, 0.5) is 0 Å². The highest BCUT2D eigenvalue weighted by Crippen LogP contribution is 2.21. The first-order chi connectivity index (χ1) is 12.9. The number of sulfonamides is 1. The van der Waals surface area contributed by atoms with Gasteiger partial charge in [-0.15, -0.1) is 0 Å². The molecule has 1 saturated heterocycles. The van der Waals surface area contributed by atoms with E-state index in [2.05, 4.69) is 5.32 Å². The molecule has 150 valence electrons. The number of carboxylic acids is 1. The van der Waals surface area contributed by atoms with Crippen molar-refractivity contribution in [3.63, 3.8) is 0 Å². The lowest BCUT2D eigenvalue weighted by atomic mass is 10.0. The number of carbonyl (C=O) groups excluding carboxylic acids is 1. The summed E-state index contributed by atoms with van der Waals surface area (Å²) in [5.41, 5.74) is 0.214. The molecule has 1 aliphatic heterocycles. The minimum absolute atomic E-state index is 0.0190. The Balaban J connectivity index is 2.11. The molecule has 0 saturated carbocycles. The SMILES string of the molecule is CCCC(CNC(=O)c1cccc(S(=O)(=O)N2CCCCCC2)c1)C(=O)O. The van der Waals surface area contributed by atoms with Crippen molar-refractivity contribution in [1.29, 1.82) is 0 Å². The number of carboxylic acid groups (broad SMARTS) is 1. The van der Waals surface area contributed by atoms with Gasteiger partial charge in [0.05, 0.1) is 10.8 Å². The molecule has 1 amide bonds. The molecule has 8 heteroatoms. The van der Waals surface area contributed by atoms with Crippen LogP contribution in [0, 0.1) is 5.92 Å². The number of amides is 1. The van der Waals surface area contributed by atoms with Crippen LogP contribution in [0.15, 0.2) is 29.2 Å². The molecule has 2 rings (SSSR count). The number of carbonyl (C=O) groups is 2. The maximum absolute atomic E-state index is 12.9. The van der Waals surface area contributed by atoms with E-state index in [1.165, 1.54) is 22.5 Å². The summed E-state index contributed by atoms with van der Waals surface area (Å²) < 4.78 is 27.2. The lowest BCUT2D eigenvalue weighted by Gasteiger charge is -2.20. The number of rotatable bonds is 8. The Morgan fingerprint density at radius 2 is 1.85 bits per heavy atom. The average Bonchev–Trinajstić information content (AvgIpc) is 2.94. The Hall–Kier alpha value is -1.93. The van der Waals surface area contributed by atoms with Gasteiger partial charge in [0, 0.05) is 25.2 Å². The fourth-order valence-corrected chi connectivity index (χ4v) is 4.77. The lowest BCUT2D eigenvalue weighted by molar-refractivity contribution is -0.141. The van der Waals surface area contributed by atoms with Gasteiger partial charge < -0.3 is 10.4 Å². The molecule has 27 heavy (non-hydrogen) atoms. The molecule has 2 N–H and O–H groups in total. The second-order valence-corrected chi connectivity index (χ2v) is 8.82. The second-order valence-electron chi connectivity index (χ2n) is 6.88. The van der Waals surface area contributed by atoms with Crippen molar-refractivity contribution in [2.24, 2.45) is 5.92 Å². The van der Waals surface area contributed by atoms with E-state index in [0.717, 1.165) is 25.7 Å². The minimum Gasteiger partial charge on any atom is -0.481 e.